The predicted octanol–water partition coefficient (Wildman–Crippen LogP) is 3.09. The molecule has 0 aromatic carbocycles. The first kappa shape index (κ1) is 14.3. The van der Waals surface area contributed by atoms with Crippen LogP contribution in [-0.4, -0.2) is 35.1 Å². The second kappa shape index (κ2) is 6.42. The average Bonchev–Trinajstić information content (AvgIpc) is 3.28. The number of nitrogens with one attached hydrogen (secondary N) is 1. The summed E-state index contributed by atoms with van der Waals surface area (Å²) in [6, 6.07) is 3.38. The van der Waals surface area contributed by atoms with E-state index in [4.69, 9.17) is 11.6 Å². The van der Waals surface area contributed by atoms with E-state index in [2.05, 4.69) is 28.2 Å². The summed E-state index contributed by atoms with van der Waals surface area (Å²) in [5.74, 6) is 0.910. The van der Waals surface area contributed by atoms with Crippen LogP contribution in [0.1, 0.15) is 38.2 Å². The van der Waals surface area contributed by atoms with Gasteiger partial charge in [0, 0.05) is 44.1 Å². The molecule has 1 saturated carbocycles. The van der Waals surface area contributed by atoms with Crippen LogP contribution >= 0.6 is 11.6 Å². The van der Waals surface area contributed by atoms with Gasteiger partial charge in [-0.2, -0.15) is 0 Å². The Hall–Kier alpha value is -0.640. The predicted molar refractivity (Wildman–Crippen MR) is 82.9 cm³/mol. The molecule has 1 aliphatic carbocycles. The molecule has 2 heterocycles. The van der Waals surface area contributed by atoms with Crippen LogP contribution in [0.5, 0.6) is 0 Å². The Morgan fingerprint density at radius 2 is 2.30 bits per heavy atom. The summed E-state index contributed by atoms with van der Waals surface area (Å²) in [6.45, 7) is 5.51. The third-order valence-corrected chi connectivity index (χ3v) is 4.95. The third-order valence-electron chi connectivity index (χ3n) is 4.61. The lowest BCUT2D eigenvalue weighted by molar-refractivity contribution is 0.108. The Morgan fingerprint density at radius 3 is 3.00 bits per heavy atom. The number of piperazine rings is 1. The van der Waals surface area contributed by atoms with Crippen LogP contribution in [0.15, 0.2) is 18.5 Å². The molecule has 2 fully saturated rings. The molecule has 1 aromatic heterocycles. The van der Waals surface area contributed by atoms with Crippen LogP contribution in [0, 0.1) is 5.92 Å². The maximum atomic E-state index is 6.27. The van der Waals surface area contributed by atoms with Crippen molar-refractivity contribution < 1.29 is 0 Å². The van der Waals surface area contributed by atoms with E-state index in [1.54, 1.807) is 6.20 Å². The summed E-state index contributed by atoms with van der Waals surface area (Å²) in [6.07, 6.45) is 8.90. The van der Waals surface area contributed by atoms with E-state index in [0.29, 0.717) is 12.1 Å². The highest BCUT2D eigenvalue weighted by Gasteiger charge is 2.36. The van der Waals surface area contributed by atoms with Crippen LogP contribution in [0.4, 0.5) is 0 Å². The fourth-order valence-corrected chi connectivity index (χ4v) is 3.44. The van der Waals surface area contributed by atoms with Crippen molar-refractivity contribution in [2.75, 3.05) is 13.1 Å². The number of aromatic nitrogens is 1. The van der Waals surface area contributed by atoms with Crippen molar-refractivity contribution in [1.29, 1.82) is 0 Å². The largest absolute Gasteiger partial charge is 0.311 e. The summed E-state index contributed by atoms with van der Waals surface area (Å²) >= 11 is 6.27. The summed E-state index contributed by atoms with van der Waals surface area (Å²) in [5.41, 5.74) is 1.21. The van der Waals surface area contributed by atoms with E-state index in [0.717, 1.165) is 30.6 Å². The smallest absolute Gasteiger partial charge is 0.0634 e. The minimum atomic E-state index is 0.638. The summed E-state index contributed by atoms with van der Waals surface area (Å²) in [4.78, 5) is 6.71. The van der Waals surface area contributed by atoms with Crippen LogP contribution in [-0.2, 0) is 6.54 Å². The first-order chi connectivity index (χ1) is 9.78. The fraction of sp³-hybridized carbons (Fsp3) is 0.688. The SMILES string of the molecule is CCCC1CNC(C2CC2)CN1Cc1ccncc1Cl. The van der Waals surface area contributed by atoms with Crippen molar-refractivity contribution in [3.8, 4) is 0 Å². The van der Waals surface area contributed by atoms with Gasteiger partial charge in [-0.05, 0) is 36.8 Å². The van der Waals surface area contributed by atoms with Gasteiger partial charge in [0.15, 0.2) is 0 Å². The van der Waals surface area contributed by atoms with Crippen molar-refractivity contribution in [2.24, 2.45) is 5.92 Å². The monoisotopic (exact) mass is 293 g/mol. The summed E-state index contributed by atoms with van der Waals surface area (Å²) < 4.78 is 0. The quantitative estimate of drug-likeness (QED) is 0.904. The minimum absolute atomic E-state index is 0.638. The third kappa shape index (κ3) is 3.33. The highest BCUT2D eigenvalue weighted by molar-refractivity contribution is 6.31. The molecule has 4 heteroatoms. The van der Waals surface area contributed by atoms with Crippen molar-refractivity contribution >= 4 is 11.6 Å². The number of rotatable bonds is 5. The molecule has 0 bridgehead atoms. The first-order valence-corrected chi connectivity index (χ1v) is 8.21. The molecule has 110 valence electrons. The fourth-order valence-electron chi connectivity index (χ4n) is 3.26. The first-order valence-electron chi connectivity index (χ1n) is 7.83. The molecule has 1 aromatic rings. The van der Waals surface area contributed by atoms with E-state index in [1.165, 1.54) is 31.2 Å². The topological polar surface area (TPSA) is 28.2 Å². The number of halogens is 1. The lowest BCUT2D eigenvalue weighted by Gasteiger charge is -2.41. The molecule has 2 aliphatic rings. The van der Waals surface area contributed by atoms with Gasteiger partial charge in [0.1, 0.15) is 0 Å². The van der Waals surface area contributed by atoms with Gasteiger partial charge in [0.2, 0.25) is 0 Å². The number of nitrogens with zero attached hydrogens (tertiary/aromatic N) is 2. The zero-order valence-electron chi connectivity index (χ0n) is 12.2. The molecule has 2 atom stereocenters. The van der Waals surface area contributed by atoms with E-state index >= 15 is 0 Å². The van der Waals surface area contributed by atoms with Crippen molar-refractivity contribution in [3.05, 3.63) is 29.0 Å². The van der Waals surface area contributed by atoms with Gasteiger partial charge >= 0.3 is 0 Å². The Morgan fingerprint density at radius 1 is 1.45 bits per heavy atom. The lowest BCUT2D eigenvalue weighted by Crippen LogP contribution is -2.56. The molecule has 2 unspecified atom stereocenters. The molecular weight excluding hydrogens is 270 g/mol. The van der Waals surface area contributed by atoms with Gasteiger partial charge in [-0.25, -0.2) is 0 Å². The van der Waals surface area contributed by atoms with E-state index < -0.39 is 0 Å². The zero-order chi connectivity index (χ0) is 13.9. The van der Waals surface area contributed by atoms with Gasteiger partial charge in [-0.1, -0.05) is 24.9 Å². The molecule has 0 radical (unpaired) electrons. The van der Waals surface area contributed by atoms with Crippen molar-refractivity contribution in [1.82, 2.24) is 15.2 Å². The maximum Gasteiger partial charge on any atom is 0.0634 e. The van der Waals surface area contributed by atoms with E-state index in [9.17, 15) is 0 Å². The molecule has 0 amide bonds. The Balaban J connectivity index is 1.70. The highest BCUT2D eigenvalue weighted by Crippen LogP contribution is 2.35. The number of pyridine rings is 1. The summed E-state index contributed by atoms with van der Waals surface area (Å²) in [5, 5.41) is 4.55. The van der Waals surface area contributed by atoms with E-state index in [1.807, 2.05) is 6.20 Å². The Kier molecular flexibility index (Phi) is 4.59. The molecule has 0 spiro atoms. The normalized spacial score (nSPS) is 27.7. The molecular formula is C16H24ClN3. The molecule has 1 N–H and O–H groups in total. The van der Waals surface area contributed by atoms with Crippen LogP contribution in [0.2, 0.25) is 5.02 Å². The van der Waals surface area contributed by atoms with Gasteiger partial charge < -0.3 is 5.32 Å². The zero-order valence-corrected chi connectivity index (χ0v) is 12.9. The molecule has 3 rings (SSSR count). The van der Waals surface area contributed by atoms with Crippen LogP contribution in [0.3, 0.4) is 0 Å². The van der Waals surface area contributed by atoms with E-state index in [-0.39, 0.29) is 0 Å². The van der Waals surface area contributed by atoms with Gasteiger partial charge in [-0.3, -0.25) is 9.88 Å². The van der Waals surface area contributed by atoms with Gasteiger partial charge in [-0.15, -0.1) is 0 Å². The van der Waals surface area contributed by atoms with Crippen LogP contribution in [0.25, 0.3) is 0 Å². The second-order valence-corrected chi connectivity index (χ2v) is 6.60. The molecule has 20 heavy (non-hydrogen) atoms. The Labute approximate surface area is 126 Å². The van der Waals surface area contributed by atoms with Crippen molar-refractivity contribution in [2.45, 2.75) is 51.2 Å². The Bertz CT molecular complexity index is 447. The average molecular weight is 294 g/mol. The molecule has 1 aliphatic heterocycles. The highest BCUT2D eigenvalue weighted by atomic mass is 35.5. The molecule has 1 saturated heterocycles. The lowest BCUT2D eigenvalue weighted by atomic mass is 10.0. The van der Waals surface area contributed by atoms with Gasteiger partial charge in [0.25, 0.3) is 0 Å². The second-order valence-electron chi connectivity index (χ2n) is 6.19. The van der Waals surface area contributed by atoms with Crippen molar-refractivity contribution in [3.63, 3.8) is 0 Å². The molecule has 3 nitrogen and oxygen atoms in total. The summed E-state index contributed by atoms with van der Waals surface area (Å²) in [7, 11) is 0. The van der Waals surface area contributed by atoms with Gasteiger partial charge in [0.05, 0.1) is 5.02 Å². The number of hydrogen-bond donors (Lipinski definition) is 1. The maximum absolute atomic E-state index is 6.27. The standard InChI is InChI=1S/C16H24ClN3/c1-2-3-14-8-19-16(12-4-5-12)11-20(14)10-13-6-7-18-9-15(13)17/h6-7,9,12,14,16,19H,2-5,8,10-11H2,1H3. The number of hydrogen-bond acceptors (Lipinski definition) is 3. The van der Waals surface area contributed by atoms with Crippen LogP contribution < -0.4 is 5.32 Å². The minimum Gasteiger partial charge on any atom is -0.311 e.